The number of hydrogen-bond donors (Lipinski definition) is 1. The summed E-state index contributed by atoms with van der Waals surface area (Å²) in [7, 11) is 0. The van der Waals surface area contributed by atoms with Gasteiger partial charge in [0.25, 0.3) is 11.6 Å². The third-order valence-corrected chi connectivity index (χ3v) is 3.54. The minimum Gasteiger partial charge on any atom is -0.480 e. The molecule has 2 aromatic rings. The van der Waals surface area contributed by atoms with E-state index in [0.29, 0.717) is 18.2 Å². The second-order valence-electron chi connectivity index (χ2n) is 6.27. The number of carbonyl (C=O) groups excluding carboxylic acids is 2. The third-order valence-electron chi connectivity index (χ3n) is 3.54. The molecule has 0 fully saturated rings. The highest BCUT2D eigenvalue weighted by molar-refractivity contribution is 5.90. The molecule has 2 rings (SSSR count). The van der Waals surface area contributed by atoms with Crippen molar-refractivity contribution in [1.29, 1.82) is 0 Å². The summed E-state index contributed by atoms with van der Waals surface area (Å²) in [5.41, 5.74) is 0.326. The minimum absolute atomic E-state index is 0.0696. The highest BCUT2D eigenvalue weighted by Crippen LogP contribution is 2.22. The summed E-state index contributed by atoms with van der Waals surface area (Å²) in [6, 6.07) is 5.61. The summed E-state index contributed by atoms with van der Waals surface area (Å²) in [6.07, 6.45) is 1.42. The average molecular weight is 390 g/mol. The van der Waals surface area contributed by atoms with Crippen molar-refractivity contribution in [3.05, 3.63) is 46.3 Å². The molecule has 1 aromatic heterocycles. The molecule has 10 nitrogen and oxygen atoms in total. The van der Waals surface area contributed by atoms with E-state index in [9.17, 15) is 19.7 Å². The van der Waals surface area contributed by atoms with Crippen LogP contribution in [-0.2, 0) is 9.53 Å². The van der Waals surface area contributed by atoms with Crippen LogP contribution in [0.2, 0.25) is 0 Å². The molecule has 0 saturated heterocycles. The topological polar surface area (TPSA) is 126 Å². The molecule has 0 aliphatic rings. The van der Waals surface area contributed by atoms with E-state index in [1.807, 2.05) is 13.8 Å². The highest BCUT2D eigenvalue weighted by Gasteiger charge is 2.21. The number of amides is 1. The number of nitrogens with zero attached hydrogens (tertiary/aromatic N) is 3. The lowest BCUT2D eigenvalue weighted by Crippen LogP contribution is -2.31. The number of non-ortho nitro benzene ring substituents is 1. The van der Waals surface area contributed by atoms with Gasteiger partial charge in [0.15, 0.2) is 12.4 Å². The van der Waals surface area contributed by atoms with Crippen molar-refractivity contribution < 1.29 is 24.0 Å². The van der Waals surface area contributed by atoms with Crippen molar-refractivity contribution >= 4 is 17.6 Å². The molecule has 1 aromatic carbocycles. The van der Waals surface area contributed by atoms with Gasteiger partial charge in [-0.05, 0) is 25.0 Å². The number of nitro groups is 1. The summed E-state index contributed by atoms with van der Waals surface area (Å²) < 4.78 is 11.8. The Kier molecular flexibility index (Phi) is 7.08. The molecule has 10 heteroatoms. The number of carbonyl (C=O) groups is 2. The molecule has 0 saturated carbocycles. The molecule has 0 unspecified atom stereocenters. The van der Waals surface area contributed by atoms with Crippen LogP contribution >= 0.6 is 0 Å². The molecule has 0 atom stereocenters. The van der Waals surface area contributed by atoms with Gasteiger partial charge in [-0.1, -0.05) is 13.8 Å². The number of rotatable bonds is 9. The van der Waals surface area contributed by atoms with Crippen LogP contribution in [-0.4, -0.2) is 46.3 Å². The van der Waals surface area contributed by atoms with Gasteiger partial charge >= 0.3 is 5.97 Å². The largest absolute Gasteiger partial charge is 0.480 e. The number of aromatic nitrogens is 2. The van der Waals surface area contributed by atoms with E-state index < -0.39 is 10.9 Å². The van der Waals surface area contributed by atoms with Crippen molar-refractivity contribution in [3.8, 4) is 11.4 Å². The Bertz CT molecular complexity index is 844. The van der Waals surface area contributed by atoms with Crippen molar-refractivity contribution in [3.63, 3.8) is 0 Å². The van der Waals surface area contributed by atoms with Gasteiger partial charge in [0.05, 0.1) is 23.4 Å². The molecular formula is C18H22N4O6. The first kappa shape index (κ1) is 20.9. The summed E-state index contributed by atoms with van der Waals surface area (Å²) in [5.74, 6) is -0.646. The molecule has 1 N–H and O–H groups in total. The number of nitro benzene ring substituents is 1. The van der Waals surface area contributed by atoms with Crippen LogP contribution in [0.1, 0.15) is 31.3 Å². The maximum Gasteiger partial charge on any atom is 0.362 e. The summed E-state index contributed by atoms with van der Waals surface area (Å²) in [4.78, 5) is 34.3. The zero-order chi connectivity index (χ0) is 20.7. The van der Waals surface area contributed by atoms with Crippen LogP contribution in [0.5, 0.6) is 5.75 Å². The Hall–Kier alpha value is -3.43. The van der Waals surface area contributed by atoms with Crippen molar-refractivity contribution in [1.82, 2.24) is 15.1 Å². The van der Waals surface area contributed by atoms with Crippen LogP contribution in [0.3, 0.4) is 0 Å². The summed E-state index contributed by atoms with van der Waals surface area (Å²) in [6.45, 7) is 5.96. The number of nitrogens with one attached hydrogen (secondary N) is 1. The van der Waals surface area contributed by atoms with E-state index in [1.165, 1.54) is 35.1 Å². The Morgan fingerprint density at radius 2 is 1.96 bits per heavy atom. The summed E-state index contributed by atoms with van der Waals surface area (Å²) in [5, 5.41) is 17.6. The lowest BCUT2D eigenvalue weighted by Gasteiger charge is -2.08. The van der Waals surface area contributed by atoms with Gasteiger partial charge in [-0.25, -0.2) is 9.48 Å². The number of esters is 1. The van der Waals surface area contributed by atoms with Crippen LogP contribution in [0.4, 0.5) is 5.69 Å². The van der Waals surface area contributed by atoms with Gasteiger partial charge < -0.3 is 14.8 Å². The smallest absolute Gasteiger partial charge is 0.362 e. The van der Waals surface area contributed by atoms with Crippen molar-refractivity contribution in [2.24, 2.45) is 5.92 Å². The van der Waals surface area contributed by atoms with Gasteiger partial charge in [-0.2, -0.15) is 5.10 Å². The molecule has 0 spiro atoms. The molecule has 0 bridgehead atoms. The lowest BCUT2D eigenvalue weighted by atomic mass is 10.2. The van der Waals surface area contributed by atoms with Crippen LogP contribution in [0.15, 0.2) is 30.5 Å². The second kappa shape index (κ2) is 9.49. The van der Waals surface area contributed by atoms with Crippen molar-refractivity contribution in [2.75, 3.05) is 19.8 Å². The molecule has 28 heavy (non-hydrogen) atoms. The van der Waals surface area contributed by atoms with E-state index >= 15 is 0 Å². The van der Waals surface area contributed by atoms with Gasteiger partial charge in [0.1, 0.15) is 0 Å². The summed E-state index contributed by atoms with van der Waals surface area (Å²) >= 11 is 0. The zero-order valence-electron chi connectivity index (χ0n) is 15.9. The predicted octanol–water partition coefficient (Wildman–Crippen LogP) is 2.11. The number of benzene rings is 1. The normalized spacial score (nSPS) is 10.6. The third kappa shape index (κ3) is 5.53. The first-order chi connectivity index (χ1) is 13.3. The fourth-order valence-electron chi connectivity index (χ4n) is 2.18. The first-order valence-corrected chi connectivity index (χ1v) is 8.73. The average Bonchev–Trinajstić information content (AvgIpc) is 3.09. The van der Waals surface area contributed by atoms with E-state index in [1.54, 1.807) is 6.92 Å². The van der Waals surface area contributed by atoms with Crippen LogP contribution in [0.25, 0.3) is 5.69 Å². The fourth-order valence-corrected chi connectivity index (χ4v) is 2.18. The molecular weight excluding hydrogens is 368 g/mol. The predicted molar refractivity (Wildman–Crippen MR) is 99.5 cm³/mol. The standard InChI is InChI=1S/C18H22N4O6/c1-4-27-18(24)17-15(28-11-16(23)19-9-12(2)3)10-21(20-17)13-5-7-14(8-6-13)22(25)26/h5-8,10,12H,4,9,11H2,1-3H3,(H,19,23). The monoisotopic (exact) mass is 390 g/mol. The van der Waals surface area contributed by atoms with E-state index in [-0.39, 0.29) is 36.3 Å². The Morgan fingerprint density at radius 1 is 1.29 bits per heavy atom. The maximum absolute atomic E-state index is 12.1. The van der Waals surface area contributed by atoms with E-state index in [2.05, 4.69) is 10.4 Å². The number of hydrogen-bond acceptors (Lipinski definition) is 7. The van der Waals surface area contributed by atoms with Gasteiger partial charge in [0, 0.05) is 18.7 Å². The Balaban J connectivity index is 2.21. The molecule has 1 amide bonds. The molecule has 0 aliphatic heterocycles. The lowest BCUT2D eigenvalue weighted by molar-refractivity contribution is -0.384. The van der Waals surface area contributed by atoms with Gasteiger partial charge in [0.2, 0.25) is 5.69 Å². The zero-order valence-corrected chi connectivity index (χ0v) is 15.9. The van der Waals surface area contributed by atoms with E-state index in [4.69, 9.17) is 9.47 Å². The maximum atomic E-state index is 12.1. The Morgan fingerprint density at radius 3 is 2.54 bits per heavy atom. The molecule has 1 heterocycles. The van der Waals surface area contributed by atoms with Crippen LogP contribution < -0.4 is 10.1 Å². The quantitative estimate of drug-likeness (QED) is 0.395. The molecule has 0 aliphatic carbocycles. The van der Waals surface area contributed by atoms with Crippen LogP contribution in [0, 0.1) is 16.0 Å². The Labute approximate surface area is 161 Å². The molecule has 0 radical (unpaired) electrons. The molecule has 150 valence electrons. The van der Waals surface area contributed by atoms with Crippen molar-refractivity contribution in [2.45, 2.75) is 20.8 Å². The van der Waals surface area contributed by atoms with E-state index in [0.717, 1.165) is 0 Å². The first-order valence-electron chi connectivity index (χ1n) is 8.73. The second-order valence-corrected chi connectivity index (χ2v) is 6.27. The number of ether oxygens (including phenoxy) is 2. The van der Waals surface area contributed by atoms with Gasteiger partial charge in [-0.3, -0.25) is 14.9 Å². The SMILES string of the molecule is CCOC(=O)c1nn(-c2ccc([N+](=O)[O-])cc2)cc1OCC(=O)NCC(C)C. The highest BCUT2D eigenvalue weighted by atomic mass is 16.6. The fraction of sp³-hybridized carbons (Fsp3) is 0.389. The minimum atomic E-state index is -0.694. The van der Waals surface area contributed by atoms with Gasteiger partial charge in [-0.15, -0.1) is 0 Å².